The van der Waals surface area contributed by atoms with Crippen LogP contribution >= 0.6 is 0 Å². The van der Waals surface area contributed by atoms with E-state index in [-0.39, 0.29) is 5.96 Å². The maximum absolute atomic E-state index is 7.37. The van der Waals surface area contributed by atoms with E-state index in [1.807, 2.05) is 6.92 Å². The number of hydrogen-bond donors (Lipinski definition) is 2. The summed E-state index contributed by atoms with van der Waals surface area (Å²) in [5.41, 5.74) is 7.27. The first-order chi connectivity index (χ1) is 10.6. The van der Waals surface area contributed by atoms with E-state index in [0.717, 1.165) is 11.3 Å². The maximum Gasteiger partial charge on any atom is 0.208 e. The molecule has 0 aromatic heterocycles. The molecule has 0 atom stereocenters. The lowest BCUT2D eigenvalue weighted by atomic mass is 9.99. The van der Waals surface area contributed by atoms with Gasteiger partial charge < -0.3 is 5.73 Å². The molecule has 4 nitrogen and oxygen atoms in total. The fourth-order valence-electron chi connectivity index (χ4n) is 2.57. The summed E-state index contributed by atoms with van der Waals surface area (Å²) in [5, 5.41) is 18.0. The van der Waals surface area contributed by atoms with Gasteiger partial charge in [-0.05, 0) is 40.1 Å². The Labute approximate surface area is 129 Å². The predicted octanol–water partition coefficient (Wildman–Crippen LogP) is 3.54. The van der Waals surface area contributed by atoms with Gasteiger partial charge in [0.1, 0.15) is 0 Å². The SMILES string of the molecule is C/C(=N/N(C)C(=N)N)c1ccc2c(ccc3ccccc32)c1. The van der Waals surface area contributed by atoms with Crippen LogP contribution in [0.25, 0.3) is 21.5 Å². The molecule has 0 spiro atoms. The molecule has 0 radical (unpaired) electrons. The quantitative estimate of drug-likeness (QED) is 0.328. The number of nitrogens with zero attached hydrogens (tertiary/aromatic N) is 2. The highest BCUT2D eigenvalue weighted by Gasteiger charge is 2.05. The van der Waals surface area contributed by atoms with Crippen molar-refractivity contribution in [2.24, 2.45) is 10.8 Å². The number of rotatable bonds is 2. The Morgan fingerprint density at radius 3 is 2.45 bits per heavy atom. The zero-order valence-electron chi connectivity index (χ0n) is 12.7. The second kappa shape index (κ2) is 5.48. The second-order valence-corrected chi connectivity index (χ2v) is 5.32. The zero-order chi connectivity index (χ0) is 15.7. The third kappa shape index (κ3) is 2.51. The van der Waals surface area contributed by atoms with Gasteiger partial charge in [0.15, 0.2) is 0 Å². The van der Waals surface area contributed by atoms with E-state index in [9.17, 15) is 0 Å². The molecule has 0 saturated heterocycles. The number of nitrogens with two attached hydrogens (primary N) is 1. The fraction of sp³-hybridized carbons (Fsp3) is 0.111. The first kappa shape index (κ1) is 14.1. The van der Waals surface area contributed by atoms with Crippen LogP contribution in [0.3, 0.4) is 0 Å². The van der Waals surface area contributed by atoms with Crippen LogP contribution in [0.1, 0.15) is 12.5 Å². The molecule has 0 unspecified atom stereocenters. The Morgan fingerprint density at radius 2 is 1.68 bits per heavy atom. The molecule has 0 saturated carbocycles. The van der Waals surface area contributed by atoms with Crippen molar-refractivity contribution >= 4 is 33.2 Å². The van der Waals surface area contributed by atoms with Gasteiger partial charge in [-0.3, -0.25) is 5.41 Å². The molecule has 0 bridgehead atoms. The number of hydrogen-bond acceptors (Lipinski definition) is 2. The third-order valence-corrected chi connectivity index (χ3v) is 3.81. The average molecular weight is 290 g/mol. The lowest BCUT2D eigenvalue weighted by Crippen LogP contribution is -2.29. The molecular formula is C18H18N4. The maximum atomic E-state index is 7.37. The average Bonchev–Trinajstić information content (AvgIpc) is 2.54. The van der Waals surface area contributed by atoms with Crippen LogP contribution in [0, 0.1) is 5.41 Å². The zero-order valence-corrected chi connectivity index (χ0v) is 12.7. The molecule has 22 heavy (non-hydrogen) atoms. The van der Waals surface area contributed by atoms with E-state index in [2.05, 4.69) is 59.7 Å². The minimum Gasteiger partial charge on any atom is -0.369 e. The van der Waals surface area contributed by atoms with Gasteiger partial charge in [-0.15, -0.1) is 0 Å². The van der Waals surface area contributed by atoms with Crippen LogP contribution < -0.4 is 5.73 Å². The smallest absolute Gasteiger partial charge is 0.208 e. The van der Waals surface area contributed by atoms with Gasteiger partial charge >= 0.3 is 0 Å². The van der Waals surface area contributed by atoms with E-state index in [1.54, 1.807) is 7.05 Å². The lowest BCUT2D eigenvalue weighted by Gasteiger charge is -2.12. The first-order valence-corrected chi connectivity index (χ1v) is 7.11. The van der Waals surface area contributed by atoms with E-state index in [0.29, 0.717) is 0 Å². The van der Waals surface area contributed by atoms with Crippen molar-refractivity contribution in [1.29, 1.82) is 5.41 Å². The van der Waals surface area contributed by atoms with Crippen molar-refractivity contribution in [3.8, 4) is 0 Å². The summed E-state index contributed by atoms with van der Waals surface area (Å²) in [6.45, 7) is 1.92. The van der Waals surface area contributed by atoms with E-state index < -0.39 is 0 Å². The standard InChI is InChI=1S/C18H18N4/c1-12(21-22(2)18(19)20)14-9-10-17-15(11-14)8-7-13-5-3-4-6-16(13)17/h3-11H,1-2H3,(H3,19,20)/b21-12-. The molecule has 0 aliphatic rings. The minimum absolute atomic E-state index is 0.0777. The van der Waals surface area contributed by atoms with E-state index >= 15 is 0 Å². The molecule has 4 heteroatoms. The Morgan fingerprint density at radius 1 is 1.00 bits per heavy atom. The Bertz CT molecular complexity index is 896. The summed E-state index contributed by atoms with van der Waals surface area (Å²) in [6, 6.07) is 18.9. The number of fused-ring (bicyclic) bond motifs is 3. The van der Waals surface area contributed by atoms with E-state index in [1.165, 1.54) is 26.6 Å². The molecule has 3 aromatic carbocycles. The highest BCUT2D eigenvalue weighted by atomic mass is 15.5. The predicted molar refractivity (Wildman–Crippen MR) is 93.3 cm³/mol. The van der Waals surface area contributed by atoms with Crippen LogP contribution in [-0.2, 0) is 0 Å². The molecule has 0 aliphatic carbocycles. The molecule has 110 valence electrons. The van der Waals surface area contributed by atoms with Gasteiger partial charge in [0.25, 0.3) is 0 Å². The van der Waals surface area contributed by atoms with Crippen molar-refractivity contribution in [3.05, 3.63) is 60.2 Å². The Kier molecular flexibility index (Phi) is 3.51. The van der Waals surface area contributed by atoms with Crippen molar-refractivity contribution in [3.63, 3.8) is 0 Å². The topological polar surface area (TPSA) is 65.5 Å². The van der Waals surface area contributed by atoms with Crippen molar-refractivity contribution in [1.82, 2.24) is 5.01 Å². The number of benzene rings is 3. The highest BCUT2D eigenvalue weighted by Crippen LogP contribution is 2.26. The third-order valence-electron chi connectivity index (χ3n) is 3.81. The monoisotopic (exact) mass is 290 g/mol. The minimum atomic E-state index is -0.0777. The largest absolute Gasteiger partial charge is 0.369 e. The number of hydrazone groups is 1. The highest BCUT2D eigenvalue weighted by molar-refractivity contribution is 6.10. The molecule has 3 N–H and O–H groups in total. The summed E-state index contributed by atoms with van der Waals surface area (Å²) < 4.78 is 0. The van der Waals surface area contributed by atoms with Crippen LogP contribution in [-0.4, -0.2) is 23.7 Å². The summed E-state index contributed by atoms with van der Waals surface area (Å²) in [4.78, 5) is 0. The van der Waals surface area contributed by atoms with Gasteiger partial charge in [-0.1, -0.05) is 48.5 Å². The normalized spacial score (nSPS) is 11.8. The summed E-state index contributed by atoms with van der Waals surface area (Å²) in [5.74, 6) is -0.0777. The molecule has 0 fully saturated rings. The Hall–Kier alpha value is -2.88. The first-order valence-electron chi connectivity index (χ1n) is 7.11. The fourth-order valence-corrected chi connectivity index (χ4v) is 2.57. The second-order valence-electron chi connectivity index (χ2n) is 5.32. The summed E-state index contributed by atoms with van der Waals surface area (Å²) in [7, 11) is 1.67. The lowest BCUT2D eigenvalue weighted by molar-refractivity contribution is 0.533. The van der Waals surface area contributed by atoms with Crippen LogP contribution in [0.4, 0.5) is 0 Å². The van der Waals surface area contributed by atoms with Crippen molar-refractivity contribution < 1.29 is 0 Å². The van der Waals surface area contributed by atoms with Crippen molar-refractivity contribution in [2.45, 2.75) is 6.92 Å². The van der Waals surface area contributed by atoms with Gasteiger partial charge in [0, 0.05) is 7.05 Å². The Balaban J connectivity index is 2.11. The summed E-state index contributed by atoms with van der Waals surface area (Å²) in [6.07, 6.45) is 0. The van der Waals surface area contributed by atoms with Gasteiger partial charge in [-0.25, -0.2) is 5.01 Å². The van der Waals surface area contributed by atoms with Gasteiger partial charge in [0.2, 0.25) is 5.96 Å². The van der Waals surface area contributed by atoms with Gasteiger partial charge in [-0.2, -0.15) is 5.10 Å². The van der Waals surface area contributed by atoms with Crippen molar-refractivity contribution in [2.75, 3.05) is 7.05 Å². The van der Waals surface area contributed by atoms with Crippen LogP contribution in [0.15, 0.2) is 59.7 Å². The molecular weight excluding hydrogens is 272 g/mol. The molecule has 0 aliphatic heterocycles. The number of nitrogens with one attached hydrogen (secondary N) is 1. The summed E-state index contributed by atoms with van der Waals surface area (Å²) >= 11 is 0. The van der Waals surface area contributed by atoms with E-state index in [4.69, 9.17) is 11.1 Å². The molecule has 0 amide bonds. The molecule has 3 aromatic rings. The number of guanidine groups is 1. The van der Waals surface area contributed by atoms with Crippen LogP contribution in [0.5, 0.6) is 0 Å². The van der Waals surface area contributed by atoms with Gasteiger partial charge in [0.05, 0.1) is 5.71 Å². The molecule has 0 heterocycles. The van der Waals surface area contributed by atoms with Crippen LogP contribution in [0.2, 0.25) is 0 Å². The molecule has 3 rings (SSSR count).